The second-order valence-electron chi connectivity index (χ2n) is 3.53. The predicted octanol–water partition coefficient (Wildman–Crippen LogP) is 1.97. The molecule has 0 aliphatic rings. The fraction of sp³-hybridized carbons (Fsp3) is 0.700. The first-order valence-corrected chi connectivity index (χ1v) is 7.24. The van der Waals surface area contributed by atoms with Gasteiger partial charge in [0.05, 0.1) is 5.01 Å². The molecule has 1 unspecified atom stereocenters. The normalized spacial score (nSPS) is 13.0. The van der Waals surface area contributed by atoms with Crippen LogP contribution in [0, 0.1) is 6.92 Å². The Morgan fingerprint density at radius 2 is 2.47 bits per heavy atom. The van der Waals surface area contributed by atoms with Crippen LogP contribution in [0.1, 0.15) is 24.0 Å². The van der Waals surface area contributed by atoms with Crippen LogP contribution >= 0.6 is 23.1 Å². The van der Waals surface area contributed by atoms with Gasteiger partial charge >= 0.3 is 0 Å². The summed E-state index contributed by atoms with van der Waals surface area (Å²) in [6, 6.07) is 0.340. The van der Waals surface area contributed by atoms with Crippen molar-refractivity contribution in [2.24, 2.45) is 5.84 Å². The third-order valence-corrected chi connectivity index (χ3v) is 4.31. The van der Waals surface area contributed by atoms with Crippen molar-refractivity contribution in [2.75, 3.05) is 11.5 Å². The average Bonchev–Trinajstić information content (AvgIpc) is 2.63. The summed E-state index contributed by atoms with van der Waals surface area (Å²) in [6.45, 7) is 4.22. The van der Waals surface area contributed by atoms with Crippen molar-refractivity contribution in [1.29, 1.82) is 0 Å². The number of thiazole rings is 1. The van der Waals surface area contributed by atoms with E-state index in [-0.39, 0.29) is 0 Å². The Hall–Kier alpha value is -0.100. The summed E-state index contributed by atoms with van der Waals surface area (Å²) in [5.41, 5.74) is 3.97. The average molecular weight is 245 g/mol. The number of nitrogens with zero attached hydrogens (tertiary/aromatic N) is 1. The molecule has 0 radical (unpaired) electrons. The molecule has 0 bridgehead atoms. The van der Waals surface area contributed by atoms with Gasteiger partial charge in [0.15, 0.2) is 0 Å². The number of thioether (sulfide) groups is 1. The van der Waals surface area contributed by atoms with Gasteiger partial charge in [0.25, 0.3) is 0 Å². The minimum Gasteiger partial charge on any atom is -0.271 e. The van der Waals surface area contributed by atoms with E-state index >= 15 is 0 Å². The number of hydrogen-bond donors (Lipinski definition) is 2. The van der Waals surface area contributed by atoms with E-state index in [0.717, 1.165) is 17.9 Å². The van der Waals surface area contributed by atoms with Gasteiger partial charge in [-0.3, -0.25) is 11.3 Å². The molecule has 1 aromatic rings. The molecule has 1 rings (SSSR count). The van der Waals surface area contributed by atoms with Gasteiger partial charge in [0, 0.05) is 29.3 Å². The minimum absolute atomic E-state index is 0.340. The summed E-state index contributed by atoms with van der Waals surface area (Å²) in [7, 11) is 0. The zero-order chi connectivity index (χ0) is 11.1. The van der Waals surface area contributed by atoms with Crippen LogP contribution in [0.15, 0.2) is 5.38 Å². The maximum atomic E-state index is 5.52. The zero-order valence-corrected chi connectivity index (χ0v) is 11.0. The Morgan fingerprint density at radius 1 is 1.67 bits per heavy atom. The molecule has 15 heavy (non-hydrogen) atoms. The molecule has 0 saturated carbocycles. The molecule has 0 saturated heterocycles. The molecule has 0 aromatic carbocycles. The summed E-state index contributed by atoms with van der Waals surface area (Å²) in [6.07, 6.45) is 2.16. The van der Waals surface area contributed by atoms with Gasteiger partial charge in [0.1, 0.15) is 0 Å². The van der Waals surface area contributed by atoms with Crippen LogP contribution in [0.4, 0.5) is 0 Å². The highest BCUT2D eigenvalue weighted by Gasteiger charge is 2.09. The Balaban J connectivity index is 2.33. The quantitative estimate of drug-likeness (QED) is 0.438. The van der Waals surface area contributed by atoms with Gasteiger partial charge in [-0.1, -0.05) is 6.92 Å². The molecule has 3 N–H and O–H groups in total. The Labute approximate surface area is 99.8 Å². The lowest BCUT2D eigenvalue weighted by molar-refractivity contribution is 0.574. The van der Waals surface area contributed by atoms with E-state index in [1.165, 1.54) is 17.2 Å². The molecule has 0 amide bonds. The lowest BCUT2D eigenvalue weighted by Crippen LogP contribution is -2.38. The fourth-order valence-corrected chi connectivity index (χ4v) is 3.05. The van der Waals surface area contributed by atoms with Crippen LogP contribution in [0.2, 0.25) is 0 Å². The number of nitrogens with one attached hydrogen (secondary N) is 1. The van der Waals surface area contributed by atoms with Crippen molar-refractivity contribution < 1.29 is 0 Å². The number of rotatable bonds is 7. The van der Waals surface area contributed by atoms with E-state index in [2.05, 4.69) is 22.7 Å². The molecule has 1 heterocycles. The minimum atomic E-state index is 0.340. The molecular formula is C10H19N3S2. The van der Waals surface area contributed by atoms with Gasteiger partial charge in [-0.25, -0.2) is 4.98 Å². The molecule has 0 aliphatic heterocycles. The standard InChI is InChI=1S/C10H19N3S2/c1-3-4-14-7-9(13-11)5-10-12-8(2)6-15-10/h6,9,13H,3-5,7,11H2,1-2H3. The highest BCUT2D eigenvalue weighted by atomic mass is 32.2. The Morgan fingerprint density at radius 3 is 3.00 bits per heavy atom. The smallest absolute Gasteiger partial charge is 0.0944 e. The molecule has 3 nitrogen and oxygen atoms in total. The van der Waals surface area contributed by atoms with Crippen molar-refractivity contribution in [3.8, 4) is 0 Å². The largest absolute Gasteiger partial charge is 0.271 e. The first-order valence-electron chi connectivity index (χ1n) is 5.21. The summed E-state index contributed by atoms with van der Waals surface area (Å²) >= 11 is 3.66. The third kappa shape index (κ3) is 4.97. The first-order chi connectivity index (χ1) is 7.26. The van der Waals surface area contributed by atoms with Crippen LogP contribution in [-0.2, 0) is 6.42 Å². The number of nitrogens with two attached hydrogens (primary N) is 1. The molecule has 5 heteroatoms. The van der Waals surface area contributed by atoms with Crippen molar-refractivity contribution in [3.05, 3.63) is 16.1 Å². The van der Waals surface area contributed by atoms with E-state index in [0.29, 0.717) is 6.04 Å². The Kier molecular flexibility index (Phi) is 6.24. The van der Waals surface area contributed by atoms with Crippen molar-refractivity contribution >= 4 is 23.1 Å². The summed E-state index contributed by atoms with van der Waals surface area (Å²) < 4.78 is 0. The topological polar surface area (TPSA) is 50.9 Å². The number of hydrazine groups is 1. The van der Waals surface area contributed by atoms with Gasteiger partial charge in [0.2, 0.25) is 0 Å². The molecule has 86 valence electrons. The summed E-state index contributed by atoms with van der Waals surface area (Å²) in [5, 5.41) is 3.26. The number of aryl methyl sites for hydroxylation is 1. The molecule has 0 aliphatic carbocycles. The van der Waals surface area contributed by atoms with E-state index in [9.17, 15) is 0 Å². The van der Waals surface area contributed by atoms with Crippen molar-refractivity contribution in [2.45, 2.75) is 32.7 Å². The van der Waals surface area contributed by atoms with Gasteiger partial charge in [-0.15, -0.1) is 11.3 Å². The van der Waals surface area contributed by atoms with Gasteiger partial charge in [-0.2, -0.15) is 11.8 Å². The maximum absolute atomic E-state index is 5.52. The van der Waals surface area contributed by atoms with Gasteiger partial charge < -0.3 is 0 Å². The van der Waals surface area contributed by atoms with Gasteiger partial charge in [-0.05, 0) is 19.1 Å². The lowest BCUT2D eigenvalue weighted by atomic mass is 10.2. The van der Waals surface area contributed by atoms with E-state index in [4.69, 9.17) is 5.84 Å². The van der Waals surface area contributed by atoms with Crippen LogP contribution in [-0.4, -0.2) is 22.5 Å². The first kappa shape index (κ1) is 13.0. The highest BCUT2D eigenvalue weighted by Crippen LogP contribution is 2.13. The Bertz CT molecular complexity index is 275. The SMILES string of the molecule is CCCSCC(Cc1nc(C)cs1)NN. The second kappa shape index (κ2) is 7.22. The second-order valence-corrected chi connectivity index (χ2v) is 5.62. The number of hydrogen-bond acceptors (Lipinski definition) is 5. The van der Waals surface area contributed by atoms with Crippen LogP contribution in [0.5, 0.6) is 0 Å². The van der Waals surface area contributed by atoms with Crippen molar-refractivity contribution in [3.63, 3.8) is 0 Å². The fourth-order valence-electron chi connectivity index (χ4n) is 1.24. The summed E-state index contributed by atoms with van der Waals surface area (Å²) in [4.78, 5) is 4.44. The molecule has 0 fully saturated rings. The molecular weight excluding hydrogens is 226 g/mol. The predicted molar refractivity (Wildman–Crippen MR) is 69.3 cm³/mol. The van der Waals surface area contributed by atoms with Crippen LogP contribution in [0.25, 0.3) is 0 Å². The molecule has 1 atom stereocenters. The highest BCUT2D eigenvalue weighted by molar-refractivity contribution is 7.99. The maximum Gasteiger partial charge on any atom is 0.0944 e. The zero-order valence-electron chi connectivity index (χ0n) is 9.32. The molecule has 0 spiro atoms. The van der Waals surface area contributed by atoms with Crippen molar-refractivity contribution in [1.82, 2.24) is 10.4 Å². The monoisotopic (exact) mass is 245 g/mol. The van der Waals surface area contributed by atoms with E-state index in [1.807, 2.05) is 18.7 Å². The lowest BCUT2D eigenvalue weighted by Gasteiger charge is -2.13. The third-order valence-electron chi connectivity index (χ3n) is 1.99. The van der Waals surface area contributed by atoms with E-state index < -0.39 is 0 Å². The van der Waals surface area contributed by atoms with Crippen LogP contribution in [0.3, 0.4) is 0 Å². The number of aromatic nitrogens is 1. The summed E-state index contributed by atoms with van der Waals surface area (Å²) in [5.74, 6) is 7.79. The van der Waals surface area contributed by atoms with Crippen LogP contribution < -0.4 is 11.3 Å². The molecule has 1 aromatic heterocycles. The van der Waals surface area contributed by atoms with E-state index in [1.54, 1.807) is 11.3 Å².